The molecule has 0 heterocycles. The predicted octanol–water partition coefficient (Wildman–Crippen LogP) is 13.3. The largest absolute Gasteiger partial charge is 0.507 e. The van der Waals surface area contributed by atoms with Crippen LogP contribution in [0.15, 0.2) is 146 Å². The van der Waals surface area contributed by atoms with Crippen molar-refractivity contribution in [3.05, 3.63) is 235 Å². The second-order valence-electron chi connectivity index (χ2n) is 26.9. The van der Waals surface area contributed by atoms with E-state index in [1.54, 1.807) is 147 Å². The molecular weight excluding hydrogens is 1280 g/mol. The molecule has 4 atom stereocenters. The van der Waals surface area contributed by atoms with Crippen LogP contribution in [0, 0.1) is 0 Å². The molecule has 21 heteroatoms. The van der Waals surface area contributed by atoms with Crippen LogP contribution in [-0.2, 0) is 42.8 Å². The van der Waals surface area contributed by atoms with Crippen molar-refractivity contribution in [1.29, 1.82) is 0 Å². The summed E-state index contributed by atoms with van der Waals surface area (Å²) in [4.78, 5) is 92.2. The van der Waals surface area contributed by atoms with Crippen LogP contribution < -0.4 is 18.9 Å². The minimum absolute atomic E-state index is 0.0297. The van der Waals surface area contributed by atoms with Crippen molar-refractivity contribution in [3.8, 4) is 46.0 Å². The Morgan fingerprint density at radius 3 is 0.690 bits per heavy atom. The molecule has 4 unspecified atom stereocenters. The van der Waals surface area contributed by atoms with Crippen molar-refractivity contribution in [2.45, 2.75) is 110 Å². The Balaban J connectivity index is 1.38. The van der Waals surface area contributed by atoms with Crippen LogP contribution in [0.1, 0.15) is 201 Å². The number of hydrogen-bond donors (Lipinski definition) is 4. The summed E-state index contributed by atoms with van der Waals surface area (Å²) in [6, 6.07) is 37.6. The Labute approximate surface area is 579 Å². The lowest BCUT2D eigenvalue weighted by atomic mass is 9.75. The van der Waals surface area contributed by atoms with Gasteiger partial charge < -0.3 is 67.8 Å². The lowest BCUT2D eigenvalue weighted by Gasteiger charge is -2.31. The first-order chi connectivity index (χ1) is 47.2. The Bertz CT molecular complexity index is 4330. The van der Waals surface area contributed by atoms with Crippen molar-refractivity contribution >= 4 is 41.6 Å². The highest BCUT2D eigenvalue weighted by Gasteiger charge is 2.37. The van der Waals surface area contributed by atoms with Crippen LogP contribution >= 0.6 is 0 Å². The second-order valence-corrected chi connectivity index (χ2v) is 26.9. The number of aromatic hydroxyl groups is 4. The highest BCUT2D eigenvalue weighted by Crippen LogP contribution is 2.54. The molecule has 0 radical (unpaired) electrons. The Morgan fingerprint density at radius 2 is 0.510 bits per heavy atom. The highest BCUT2D eigenvalue weighted by molar-refractivity contribution is 5.94. The van der Waals surface area contributed by atoms with Gasteiger partial charge in [0.2, 0.25) is 0 Å². The maximum Gasteiger partial charge on any atom is 0.344 e. The zero-order chi connectivity index (χ0) is 72.9. The summed E-state index contributed by atoms with van der Waals surface area (Å²) in [5.74, 6) is -10.5. The number of Topliss-reactive ketones (excluding diaryl/α,β-unsaturated/α-hetero) is 1. The van der Waals surface area contributed by atoms with E-state index in [4.69, 9.17) is 47.4 Å². The fourth-order valence-corrected chi connectivity index (χ4v) is 12.1. The maximum atomic E-state index is 13.7. The fraction of sp³-hybridized carbons (Fsp3) is 0.304. The number of phenols is 4. The molecule has 0 aromatic heterocycles. The first kappa shape index (κ1) is 72.9. The van der Waals surface area contributed by atoms with Crippen molar-refractivity contribution in [2.24, 2.45) is 0 Å². The molecule has 8 aromatic rings. The summed E-state index contributed by atoms with van der Waals surface area (Å²) in [5.41, 5.74) is 1.67. The number of methoxy groups -OCH3 is 4. The highest BCUT2D eigenvalue weighted by atomic mass is 16.6. The van der Waals surface area contributed by atoms with Crippen LogP contribution in [0.4, 0.5) is 0 Å². The minimum Gasteiger partial charge on any atom is -0.507 e. The average molecular weight is 1370 g/mol. The number of benzene rings is 8. The summed E-state index contributed by atoms with van der Waals surface area (Å²) in [7, 11) is 5.58. The molecule has 0 amide bonds. The van der Waals surface area contributed by atoms with Gasteiger partial charge in [-0.15, -0.1) is 0 Å². The standard InChI is InChI=1S/C79H80O21/c1-42(80)43-15-17-44(18-16-43)70-51-31-56(64(92-12)35-59(51)81)72(46-21-27-49(28-22-46)75(89)96-40-68(86)99-78(5,6)7)53-33-58(66(94-14)37-61(53)83)73(47-23-29-50(30-24-47)76(90)97-41-69(87)100-79(8,9)10)54-34-57(65(93-13)38-62(54)84)71(52-32-55(70)63(91-11)36-60(52)82)45-19-25-48(26-20-45)74(88)95-39-67(85)98-77(2,3)4/h15-38,70-73,81-84H,39-41H2,1-14H3. The van der Waals surface area contributed by atoms with E-state index in [0.717, 1.165) is 0 Å². The van der Waals surface area contributed by atoms with E-state index < -0.39 is 96.1 Å². The minimum atomic E-state index is -1.16. The molecule has 0 fully saturated rings. The Morgan fingerprint density at radius 1 is 0.310 bits per heavy atom. The summed E-state index contributed by atoms with van der Waals surface area (Å²) in [6.07, 6.45) is 0. The van der Waals surface area contributed by atoms with Crippen molar-refractivity contribution < 1.29 is 101 Å². The first-order valence-electron chi connectivity index (χ1n) is 31.9. The monoisotopic (exact) mass is 1360 g/mol. The van der Waals surface area contributed by atoms with Gasteiger partial charge in [0.15, 0.2) is 25.6 Å². The number of ether oxygens (including phenoxy) is 10. The molecule has 0 saturated heterocycles. The van der Waals surface area contributed by atoms with E-state index in [1.807, 2.05) is 0 Å². The lowest BCUT2D eigenvalue weighted by Crippen LogP contribution is -2.27. The van der Waals surface area contributed by atoms with Gasteiger partial charge in [-0.3, -0.25) is 4.79 Å². The van der Waals surface area contributed by atoms with Crippen LogP contribution in [0.5, 0.6) is 46.0 Å². The molecule has 9 rings (SSSR count). The summed E-state index contributed by atoms with van der Waals surface area (Å²) in [5, 5.41) is 51.2. The smallest absolute Gasteiger partial charge is 0.344 e. The van der Waals surface area contributed by atoms with E-state index in [-0.39, 0.29) is 90.7 Å². The zero-order valence-electron chi connectivity index (χ0n) is 58.0. The van der Waals surface area contributed by atoms with Gasteiger partial charge in [0, 0.05) is 98.0 Å². The number of carbonyl (C=O) groups excluding carboxylic acids is 7. The molecule has 8 bridgehead atoms. The molecule has 8 aromatic carbocycles. The fourth-order valence-electron chi connectivity index (χ4n) is 12.1. The molecule has 0 saturated carbocycles. The first-order valence-corrected chi connectivity index (χ1v) is 31.9. The molecule has 0 spiro atoms. The predicted molar refractivity (Wildman–Crippen MR) is 367 cm³/mol. The van der Waals surface area contributed by atoms with Gasteiger partial charge in [0.1, 0.15) is 62.8 Å². The van der Waals surface area contributed by atoms with Gasteiger partial charge >= 0.3 is 35.8 Å². The summed E-state index contributed by atoms with van der Waals surface area (Å²) in [6.45, 7) is 14.5. The van der Waals surface area contributed by atoms with Crippen LogP contribution in [0.3, 0.4) is 0 Å². The number of carbonyl (C=O) groups is 7. The Kier molecular flexibility index (Phi) is 21.7. The topological polar surface area (TPSA) is 293 Å². The third-order valence-electron chi connectivity index (χ3n) is 16.3. The maximum absolute atomic E-state index is 13.7. The molecule has 1 aliphatic carbocycles. The average Bonchev–Trinajstić information content (AvgIpc) is 0.740. The summed E-state index contributed by atoms with van der Waals surface area (Å²) < 4.78 is 57.1. The van der Waals surface area contributed by atoms with Gasteiger partial charge in [0.05, 0.1) is 45.1 Å². The van der Waals surface area contributed by atoms with E-state index in [2.05, 4.69) is 0 Å². The molecule has 4 N–H and O–H groups in total. The summed E-state index contributed by atoms with van der Waals surface area (Å²) >= 11 is 0. The van der Waals surface area contributed by atoms with Crippen molar-refractivity contribution in [3.63, 3.8) is 0 Å². The van der Waals surface area contributed by atoms with Crippen LogP contribution in [0.2, 0.25) is 0 Å². The van der Waals surface area contributed by atoms with Crippen molar-refractivity contribution in [2.75, 3.05) is 48.3 Å². The van der Waals surface area contributed by atoms with Crippen molar-refractivity contribution in [1.82, 2.24) is 0 Å². The number of rotatable bonds is 18. The SMILES string of the molecule is COc1cc(O)c2cc1C(c1ccc(C(C)=O)cc1)c1cc(c(OC)cc1O)C(c1ccc(C(=O)OCC(=O)OC(C)(C)C)cc1)c1cc(c(OC)cc1O)C(c1ccc(C(=O)OCC(=O)OC(C)(C)C)cc1)c1cc(c(OC)cc1O)C2c1ccc(C(=O)OCC(=O)OC(C)(C)C)cc1. The number of fused-ring (bicyclic) bond motifs is 8. The van der Waals surface area contributed by atoms with Crippen LogP contribution in [0.25, 0.3) is 0 Å². The normalized spacial score (nSPS) is 15.1. The van der Waals surface area contributed by atoms with Gasteiger partial charge in [-0.1, -0.05) is 60.7 Å². The Hall–Kier alpha value is -11.4. The quantitative estimate of drug-likeness (QED) is 0.0352. The number of phenolic OH excluding ortho intramolecular Hbond substituents is 4. The van der Waals surface area contributed by atoms with E-state index in [0.29, 0.717) is 50.1 Å². The molecule has 100 heavy (non-hydrogen) atoms. The molecular formula is C79H80O21. The van der Waals surface area contributed by atoms with Gasteiger partial charge in [-0.05, 0) is 152 Å². The van der Waals surface area contributed by atoms with Crippen LogP contribution in [-0.4, -0.2) is 127 Å². The molecule has 0 aliphatic heterocycles. The number of hydrogen-bond acceptors (Lipinski definition) is 21. The second kappa shape index (κ2) is 29.8. The molecule has 522 valence electrons. The molecule has 1 aliphatic rings. The third-order valence-corrected chi connectivity index (χ3v) is 16.3. The van der Waals surface area contributed by atoms with Gasteiger partial charge in [0.25, 0.3) is 0 Å². The number of ketones is 1. The third kappa shape index (κ3) is 16.8. The van der Waals surface area contributed by atoms with E-state index >= 15 is 0 Å². The van der Waals surface area contributed by atoms with E-state index in [1.165, 1.54) is 96.0 Å². The van der Waals surface area contributed by atoms with Gasteiger partial charge in [-0.25, -0.2) is 28.8 Å². The van der Waals surface area contributed by atoms with Gasteiger partial charge in [-0.2, -0.15) is 0 Å². The lowest BCUT2D eigenvalue weighted by molar-refractivity contribution is -0.159. The van der Waals surface area contributed by atoms with E-state index in [9.17, 15) is 54.0 Å². The zero-order valence-corrected chi connectivity index (χ0v) is 58.0. The number of esters is 6. The molecule has 21 nitrogen and oxygen atoms in total.